The second-order valence-electron chi connectivity index (χ2n) is 5.35. The van der Waals surface area contributed by atoms with E-state index in [1.54, 1.807) is 12.5 Å². The van der Waals surface area contributed by atoms with Crippen LogP contribution in [0.15, 0.2) is 41.1 Å². The van der Waals surface area contributed by atoms with Gasteiger partial charge in [0.25, 0.3) is 0 Å². The molecule has 1 aliphatic rings. The number of hydrogen-bond donors (Lipinski definition) is 0. The third-order valence-corrected chi connectivity index (χ3v) is 3.93. The molecule has 0 bridgehead atoms. The molecule has 0 radical (unpaired) electrons. The molecule has 0 aromatic carbocycles. The molecule has 1 fully saturated rings. The van der Waals surface area contributed by atoms with Crippen molar-refractivity contribution in [3.8, 4) is 5.88 Å². The summed E-state index contributed by atoms with van der Waals surface area (Å²) in [5.41, 5.74) is 1.79. The zero-order valence-corrected chi connectivity index (χ0v) is 11.4. The molecule has 4 heterocycles. The summed E-state index contributed by atoms with van der Waals surface area (Å²) in [7, 11) is 2.15. The maximum Gasteiger partial charge on any atom is 0.206 e. The normalized spacial score (nSPS) is 19.9. The molecule has 5 heteroatoms. The molecule has 0 saturated carbocycles. The molecule has 4 rings (SSSR count). The fraction of sp³-hybridized carbons (Fsp3) is 0.333. The number of likely N-dealkylation sites (N-methyl/N-ethyl adjacent to an activating group) is 1. The summed E-state index contributed by atoms with van der Waals surface area (Å²) in [6.45, 7) is 2.14. The van der Waals surface area contributed by atoms with Gasteiger partial charge >= 0.3 is 0 Å². The van der Waals surface area contributed by atoms with Crippen molar-refractivity contribution >= 4 is 11.2 Å². The van der Waals surface area contributed by atoms with Gasteiger partial charge in [-0.25, -0.2) is 14.5 Å². The average molecular weight is 268 g/mol. The van der Waals surface area contributed by atoms with E-state index in [2.05, 4.69) is 21.5 Å². The van der Waals surface area contributed by atoms with E-state index in [0.717, 1.165) is 42.4 Å². The predicted octanol–water partition coefficient (Wildman–Crippen LogP) is 2.43. The Morgan fingerprint density at radius 2 is 2.25 bits per heavy atom. The Balaban J connectivity index is 1.93. The number of rotatable bonds is 2. The Labute approximate surface area is 116 Å². The second-order valence-corrected chi connectivity index (χ2v) is 5.35. The number of hydrogen-bond acceptors (Lipinski definition) is 4. The molecule has 5 nitrogen and oxygen atoms in total. The lowest BCUT2D eigenvalue weighted by Crippen LogP contribution is -2.15. The second kappa shape index (κ2) is 4.45. The van der Waals surface area contributed by atoms with Crippen molar-refractivity contribution in [3.05, 3.63) is 42.5 Å². The van der Waals surface area contributed by atoms with Crippen LogP contribution >= 0.6 is 0 Å². The minimum Gasteiger partial charge on any atom is -0.448 e. The maximum atomic E-state index is 5.58. The van der Waals surface area contributed by atoms with Crippen LogP contribution in [-0.4, -0.2) is 39.6 Å². The van der Waals surface area contributed by atoms with E-state index >= 15 is 0 Å². The van der Waals surface area contributed by atoms with Crippen molar-refractivity contribution in [3.63, 3.8) is 0 Å². The van der Waals surface area contributed by atoms with Crippen LogP contribution in [0.4, 0.5) is 0 Å². The van der Waals surface area contributed by atoms with Crippen LogP contribution in [0, 0.1) is 0 Å². The van der Waals surface area contributed by atoms with Gasteiger partial charge in [-0.2, -0.15) is 0 Å². The van der Waals surface area contributed by atoms with E-state index in [1.807, 2.05) is 24.3 Å². The molecule has 0 spiro atoms. The minimum absolute atomic E-state index is 0.430. The molecule has 102 valence electrons. The fourth-order valence-electron chi connectivity index (χ4n) is 2.96. The van der Waals surface area contributed by atoms with Crippen LogP contribution in [-0.2, 0) is 0 Å². The average Bonchev–Trinajstić information content (AvgIpc) is 3.15. The van der Waals surface area contributed by atoms with Crippen molar-refractivity contribution < 1.29 is 4.42 Å². The molecule has 20 heavy (non-hydrogen) atoms. The van der Waals surface area contributed by atoms with Gasteiger partial charge in [-0.15, -0.1) is 0 Å². The van der Waals surface area contributed by atoms with E-state index < -0.39 is 0 Å². The highest BCUT2D eigenvalue weighted by Gasteiger charge is 2.28. The number of likely N-dealkylation sites (tertiary alicyclic amines) is 1. The quantitative estimate of drug-likeness (QED) is 0.716. The van der Waals surface area contributed by atoms with E-state index in [-0.39, 0.29) is 0 Å². The predicted molar refractivity (Wildman–Crippen MR) is 76.0 cm³/mol. The number of fused-ring (bicyclic) bond motifs is 1. The van der Waals surface area contributed by atoms with Crippen molar-refractivity contribution in [2.75, 3.05) is 20.1 Å². The van der Waals surface area contributed by atoms with Crippen LogP contribution in [0.1, 0.15) is 18.2 Å². The lowest BCUT2D eigenvalue weighted by atomic mass is 10.1. The molecular formula is C15H16N4O. The summed E-state index contributed by atoms with van der Waals surface area (Å²) in [4.78, 5) is 11.6. The highest BCUT2D eigenvalue weighted by molar-refractivity contribution is 5.73. The fourth-order valence-corrected chi connectivity index (χ4v) is 2.96. The Hall–Kier alpha value is -2.14. The highest BCUT2D eigenvalue weighted by atomic mass is 16.3. The van der Waals surface area contributed by atoms with Crippen molar-refractivity contribution in [1.82, 2.24) is 19.4 Å². The summed E-state index contributed by atoms with van der Waals surface area (Å²) in [6.07, 6.45) is 4.61. The smallest absolute Gasteiger partial charge is 0.206 e. The van der Waals surface area contributed by atoms with Gasteiger partial charge in [0.15, 0.2) is 5.65 Å². The first kappa shape index (κ1) is 11.7. The third-order valence-electron chi connectivity index (χ3n) is 3.93. The third kappa shape index (κ3) is 1.74. The van der Waals surface area contributed by atoms with E-state index in [1.165, 1.54) is 0 Å². The van der Waals surface area contributed by atoms with Crippen LogP contribution in [0.3, 0.4) is 0 Å². The molecule has 1 aliphatic heterocycles. The van der Waals surface area contributed by atoms with Gasteiger partial charge in [-0.05, 0) is 38.2 Å². The molecule has 3 aromatic rings. The Morgan fingerprint density at radius 1 is 1.30 bits per heavy atom. The molecule has 0 N–H and O–H groups in total. The zero-order valence-electron chi connectivity index (χ0n) is 11.4. The number of furan rings is 1. The SMILES string of the molecule is CN1CCC(c2nc3cccnc3n2-c2ccco2)C1. The summed E-state index contributed by atoms with van der Waals surface area (Å²) in [6, 6.07) is 7.78. The topological polar surface area (TPSA) is 47.1 Å². The molecule has 1 unspecified atom stereocenters. The summed E-state index contributed by atoms with van der Waals surface area (Å²) < 4.78 is 7.64. The number of aromatic nitrogens is 3. The molecule has 0 aliphatic carbocycles. The molecule has 1 saturated heterocycles. The number of imidazole rings is 1. The largest absolute Gasteiger partial charge is 0.448 e. The Kier molecular flexibility index (Phi) is 2.60. The summed E-state index contributed by atoms with van der Waals surface area (Å²) >= 11 is 0. The van der Waals surface area contributed by atoms with Crippen molar-refractivity contribution in [2.24, 2.45) is 0 Å². The standard InChI is InChI=1S/C15H16N4O/c1-18-8-6-11(10-18)14-17-12-4-2-7-16-15(12)19(14)13-5-3-9-20-13/h2-5,7,9,11H,6,8,10H2,1H3. The zero-order chi connectivity index (χ0) is 13.5. The van der Waals surface area contributed by atoms with Gasteiger partial charge < -0.3 is 9.32 Å². The van der Waals surface area contributed by atoms with E-state index in [9.17, 15) is 0 Å². The number of pyridine rings is 1. The van der Waals surface area contributed by atoms with Crippen LogP contribution in [0.25, 0.3) is 17.0 Å². The van der Waals surface area contributed by atoms with Crippen molar-refractivity contribution in [2.45, 2.75) is 12.3 Å². The first-order valence-electron chi connectivity index (χ1n) is 6.89. The lowest BCUT2D eigenvalue weighted by Gasteiger charge is -2.11. The monoisotopic (exact) mass is 268 g/mol. The van der Waals surface area contributed by atoms with Gasteiger partial charge in [-0.3, -0.25) is 0 Å². The van der Waals surface area contributed by atoms with Crippen LogP contribution in [0.2, 0.25) is 0 Å². The Morgan fingerprint density at radius 3 is 3.00 bits per heavy atom. The van der Waals surface area contributed by atoms with E-state index in [4.69, 9.17) is 9.40 Å². The summed E-state index contributed by atoms with van der Waals surface area (Å²) in [5, 5.41) is 0. The van der Waals surface area contributed by atoms with Gasteiger partial charge in [0.05, 0.1) is 6.26 Å². The maximum absolute atomic E-state index is 5.58. The van der Waals surface area contributed by atoms with Gasteiger partial charge in [-0.1, -0.05) is 0 Å². The first-order chi connectivity index (χ1) is 9.83. The van der Waals surface area contributed by atoms with Gasteiger partial charge in [0.2, 0.25) is 5.88 Å². The molecular weight excluding hydrogens is 252 g/mol. The minimum atomic E-state index is 0.430. The highest BCUT2D eigenvalue weighted by Crippen LogP contribution is 2.30. The van der Waals surface area contributed by atoms with Crippen molar-refractivity contribution in [1.29, 1.82) is 0 Å². The van der Waals surface area contributed by atoms with E-state index in [0.29, 0.717) is 5.92 Å². The molecule has 0 amide bonds. The van der Waals surface area contributed by atoms with Gasteiger partial charge in [0.1, 0.15) is 11.3 Å². The molecule has 1 atom stereocenters. The Bertz CT molecular complexity index is 732. The first-order valence-corrected chi connectivity index (χ1v) is 6.89. The van der Waals surface area contributed by atoms with Crippen LogP contribution < -0.4 is 0 Å². The number of nitrogens with zero attached hydrogens (tertiary/aromatic N) is 4. The van der Waals surface area contributed by atoms with Crippen LogP contribution in [0.5, 0.6) is 0 Å². The lowest BCUT2D eigenvalue weighted by molar-refractivity contribution is 0.408. The van der Waals surface area contributed by atoms with Gasteiger partial charge in [0, 0.05) is 24.7 Å². The summed E-state index contributed by atoms with van der Waals surface area (Å²) in [5.74, 6) is 2.27. The molecule has 3 aromatic heterocycles.